The first kappa shape index (κ1) is 18.5. The van der Waals surface area contributed by atoms with Crippen molar-refractivity contribution in [3.63, 3.8) is 0 Å². The number of nitrogens with zero attached hydrogens (tertiary/aromatic N) is 1. The van der Waals surface area contributed by atoms with Crippen LogP contribution >= 0.6 is 0 Å². The van der Waals surface area contributed by atoms with E-state index in [1.54, 1.807) is 6.07 Å². The largest absolute Gasteiger partial charge is 0.366 e. The molecule has 5 nitrogen and oxygen atoms in total. The second-order valence-electron chi connectivity index (χ2n) is 5.68. The average Bonchev–Trinajstić information content (AvgIpc) is 3.07. The molecule has 1 aromatic heterocycles. The van der Waals surface area contributed by atoms with Gasteiger partial charge >= 0.3 is 0 Å². The number of aromatic amines is 1. The van der Waals surface area contributed by atoms with Crippen molar-refractivity contribution in [2.24, 2.45) is 0 Å². The van der Waals surface area contributed by atoms with E-state index in [1.807, 2.05) is 4.72 Å². The quantitative estimate of drug-likeness (QED) is 0.696. The number of H-pyrrole nitrogens is 1. The average molecular weight is 391 g/mol. The predicted molar refractivity (Wildman–Crippen MR) is 91.9 cm³/mol. The van der Waals surface area contributed by atoms with Crippen LogP contribution in [0, 0.1) is 28.8 Å². The van der Waals surface area contributed by atoms with Gasteiger partial charge in [0.05, 0.1) is 11.3 Å². The number of hydrogen-bond acceptors (Lipinski definition) is 3. The van der Waals surface area contributed by atoms with E-state index in [0.717, 1.165) is 0 Å². The van der Waals surface area contributed by atoms with Crippen molar-refractivity contribution in [1.29, 1.82) is 5.26 Å². The van der Waals surface area contributed by atoms with Crippen molar-refractivity contribution in [2.45, 2.75) is 11.3 Å². The summed E-state index contributed by atoms with van der Waals surface area (Å²) >= 11 is 0. The first-order valence-electron chi connectivity index (χ1n) is 7.62. The fourth-order valence-corrected chi connectivity index (χ4v) is 3.80. The number of nitrogens with one attached hydrogen (secondary N) is 2. The molecule has 0 fully saturated rings. The van der Waals surface area contributed by atoms with E-state index in [-0.39, 0.29) is 11.3 Å². The zero-order valence-corrected chi connectivity index (χ0v) is 14.4. The van der Waals surface area contributed by atoms with Gasteiger partial charge in [0, 0.05) is 24.9 Å². The van der Waals surface area contributed by atoms with Crippen LogP contribution < -0.4 is 4.72 Å². The predicted octanol–water partition coefficient (Wildman–Crippen LogP) is 3.70. The number of rotatable bonds is 5. The number of sulfonamides is 1. The molecule has 1 heterocycles. The summed E-state index contributed by atoms with van der Waals surface area (Å²) in [5.74, 6) is -2.59. The molecular weight excluding hydrogens is 379 g/mol. The van der Waals surface area contributed by atoms with E-state index < -0.39 is 38.7 Å². The minimum atomic E-state index is -4.25. The highest BCUT2D eigenvalue weighted by Gasteiger charge is 2.22. The number of anilines is 1. The Balaban J connectivity index is 1.92. The molecule has 138 valence electrons. The van der Waals surface area contributed by atoms with Gasteiger partial charge in [0.25, 0.3) is 10.0 Å². The standard InChI is InChI=1S/C18H12F3N3O2S/c19-14-3-1-2-11(5-14)4-13-9-23-10-18(13)27(25,26)24-17-7-15(20)12(8-22)6-16(17)21/h1-3,5-7,9-10,23-24H,4H2. The lowest BCUT2D eigenvalue weighted by atomic mass is 10.1. The molecule has 0 bridgehead atoms. The normalized spacial score (nSPS) is 11.2. The second-order valence-corrected chi connectivity index (χ2v) is 7.33. The SMILES string of the molecule is N#Cc1cc(F)c(NS(=O)(=O)c2c[nH]cc2Cc2cccc(F)c2)cc1F. The molecule has 2 aromatic carbocycles. The smallest absolute Gasteiger partial charge is 0.263 e. The molecule has 0 saturated carbocycles. The molecule has 3 rings (SSSR count). The van der Waals surface area contributed by atoms with Crippen molar-refractivity contribution in [3.8, 4) is 6.07 Å². The zero-order chi connectivity index (χ0) is 19.6. The van der Waals surface area contributed by atoms with Gasteiger partial charge in [0.15, 0.2) is 0 Å². The lowest BCUT2D eigenvalue weighted by Gasteiger charge is -2.10. The summed E-state index contributed by atoms with van der Waals surface area (Å²) in [5.41, 5.74) is -0.294. The molecule has 0 aliphatic rings. The van der Waals surface area contributed by atoms with Crippen LogP contribution in [0.5, 0.6) is 0 Å². The summed E-state index contributed by atoms with van der Waals surface area (Å²) in [7, 11) is -4.25. The van der Waals surface area contributed by atoms with E-state index in [2.05, 4.69) is 4.98 Å². The van der Waals surface area contributed by atoms with Crippen molar-refractivity contribution in [2.75, 3.05) is 4.72 Å². The van der Waals surface area contributed by atoms with Gasteiger partial charge in [0.2, 0.25) is 0 Å². The Bertz CT molecular complexity index is 1150. The summed E-state index contributed by atoms with van der Waals surface area (Å²) in [6.07, 6.45) is 2.73. The number of nitriles is 1. The Morgan fingerprint density at radius 3 is 2.56 bits per heavy atom. The molecule has 0 atom stereocenters. The molecule has 0 amide bonds. The van der Waals surface area contributed by atoms with Crippen LogP contribution in [0.2, 0.25) is 0 Å². The highest BCUT2D eigenvalue weighted by molar-refractivity contribution is 7.92. The topological polar surface area (TPSA) is 85.8 Å². The summed E-state index contributed by atoms with van der Waals surface area (Å²) in [6.45, 7) is 0. The minimum absolute atomic E-state index is 0.113. The van der Waals surface area contributed by atoms with Gasteiger partial charge in [-0.25, -0.2) is 21.6 Å². The third kappa shape index (κ3) is 3.96. The third-order valence-electron chi connectivity index (χ3n) is 3.78. The van der Waals surface area contributed by atoms with Crippen LogP contribution in [0.15, 0.2) is 53.7 Å². The van der Waals surface area contributed by atoms with Gasteiger partial charge in [-0.3, -0.25) is 4.72 Å². The highest BCUT2D eigenvalue weighted by atomic mass is 32.2. The second kappa shape index (κ2) is 7.17. The fourth-order valence-electron chi connectivity index (χ4n) is 2.55. The molecular formula is C18H12F3N3O2S. The van der Waals surface area contributed by atoms with E-state index in [9.17, 15) is 21.6 Å². The van der Waals surface area contributed by atoms with Crippen LogP contribution in [-0.4, -0.2) is 13.4 Å². The van der Waals surface area contributed by atoms with E-state index in [0.29, 0.717) is 23.3 Å². The van der Waals surface area contributed by atoms with Crippen molar-refractivity contribution < 1.29 is 21.6 Å². The van der Waals surface area contributed by atoms with Gasteiger partial charge in [-0.2, -0.15) is 5.26 Å². The Morgan fingerprint density at radius 1 is 1.07 bits per heavy atom. The summed E-state index contributed by atoms with van der Waals surface area (Å²) in [5, 5.41) is 8.69. The molecule has 0 radical (unpaired) electrons. The summed E-state index contributed by atoms with van der Waals surface area (Å²) in [6, 6.07) is 8.35. The molecule has 0 saturated heterocycles. The van der Waals surface area contributed by atoms with Crippen molar-refractivity contribution in [3.05, 3.63) is 82.9 Å². The van der Waals surface area contributed by atoms with Gasteiger partial charge < -0.3 is 4.98 Å². The van der Waals surface area contributed by atoms with Crippen LogP contribution in [0.1, 0.15) is 16.7 Å². The fraction of sp³-hybridized carbons (Fsp3) is 0.0556. The van der Waals surface area contributed by atoms with Crippen LogP contribution in [0.3, 0.4) is 0 Å². The lowest BCUT2D eigenvalue weighted by Crippen LogP contribution is -2.15. The first-order chi connectivity index (χ1) is 12.8. The van der Waals surface area contributed by atoms with Crippen molar-refractivity contribution in [1.82, 2.24) is 4.98 Å². The summed E-state index contributed by atoms with van der Waals surface area (Å²) < 4.78 is 68.2. The molecule has 27 heavy (non-hydrogen) atoms. The van der Waals surface area contributed by atoms with Crippen LogP contribution in [-0.2, 0) is 16.4 Å². The molecule has 3 aromatic rings. The monoisotopic (exact) mass is 391 g/mol. The van der Waals surface area contributed by atoms with Gasteiger partial charge in [-0.15, -0.1) is 0 Å². The summed E-state index contributed by atoms with van der Waals surface area (Å²) in [4.78, 5) is 2.46. The zero-order valence-electron chi connectivity index (χ0n) is 13.6. The molecule has 0 spiro atoms. The maximum absolute atomic E-state index is 14.0. The Morgan fingerprint density at radius 2 is 1.85 bits per heavy atom. The maximum atomic E-state index is 14.0. The Kier molecular flexibility index (Phi) is 4.92. The van der Waals surface area contributed by atoms with E-state index in [4.69, 9.17) is 5.26 Å². The maximum Gasteiger partial charge on any atom is 0.263 e. The molecule has 0 unspecified atom stereocenters. The van der Waals surface area contributed by atoms with Crippen LogP contribution in [0.25, 0.3) is 0 Å². The molecule has 0 aliphatic carbocycles. The first-order valence-corrected chi connectivity index (χ1v) is 9.10. The number of benzene rings is 2. The van der Waals surface area contributed by atoms with Gasteiger partial charge in [0.1, 0.15) is 28.4 Å². The Labute approximate surface area is 153 Å². The Hall–Kier alpha value is -3.25. The third-order valence-corrected chi connectivity index (χ3v) is 5.23. The number of hydrogen-bond donors (Lipinski definition) is 2. The van der Waals surface area contributed by atoms with E-state index in [1.165, 1.54) is 36.7 Å². The van der Waals surface area contributed by atoms with Crippen molar-refractivity contribution >= 4 is 15.7 Å². The molecule has 9 heteroatoms. The molecule has 2 N–H and O–H groups in total. The highest BCUT2D eigenvalue weighted by Crippen LogP contribution is 2.25. The number of halogens is 3. The molecule has 0 aliphatic heterocycles. The van der Waals surface area contributed by atoms with E-state index >= 15 is 0 Å². The van der Waals surface area contributed by atoms with Gasteiger partial charge in [-0.1, -0.05) is 12.1 Å². The minimum Gasteiger partial charge on any atom is -0.366 e. The number of aromatic nitrogens is 1. The van der Waals surface area contributed by atoms with Crippen LogP contribution in [0.4, 0.5) is 18.9 Å². The van der Waals surface area contributed by atoms with Gasteiger partial charge in [-0.05, 0) is 29.3 Å². The lowest BCUT2D eigenvalue weighted by molar-refractivity contribution is 0.592.